The highest BCUT2D eigenvalue weighted by Crippen LogP contribution is 2.27. The van der Waals surface area contributed by atoms with Gasteiger partial charge in [-0.2, -0.15) is 0 Å². The quantitative estimate of drug-likeness (QED) is 0.375. The predicted molar refractivity (Wildman–Crippen MR) is 116 cm³/mol. The zero-order chi connectivity index (χ0) is 21.4. The molecule has 0 amide bonds. The summed E-state index contributed by atoms with van der Waals surface area (Å²) in [6.07, 6.45) is 4.96. The summed E-state index contributed by atoms with van der Waals surface area (Å²) in [5.74, 6) is -0.0743. The van der Waals surface area contributed by atoms with Crippen LogP contribution in [0.4, 0.5) is 0 Å². The van der Waals surface area contributed by atoms with Gasteiger partial charge in [-0.3, -0.25) is 4.79 Å². The van der Waals surface area contributed by atoms with Crippen molar-refractivity contribution < 1.29 is 9.21 Å². The van der Waals surface area contributed by atoms with E-state index in [0.29, 0.717) is 17.1 Å². The summed E-state index contributed by atoms with van der Waals surface area (Å²) < 4.78 is 7.62. The molecule has 0 bridgehead atoms. The average Bonchev–Trinajstić information content (AvgIpc) is 3.41. The van der Waals surface area contributed by atoms with E-state index in [9.17, 15) is 4.79 Å². The molecule has 0 N–H and O–H groups in total. The first-order valence-corrected chi connectivity index (χ1v) is 9.96. The smallest absolute Gasteiger partial charge is 0.289 e. The van der Waals surface area contributed by atoms with Crippen molar-refractivity contribution >= 4 is 28.3 Å². The lowest BCUT2D eigenvalue weighted by atomic mass is 10.1. The van der Waals surface area contributed by atoms with Crippen LogP contribution in [-0.4, -0.2) is 30.5 Å². The lowest BCUT2D eigenvalue weighted by Crippen LogP contribution is -2.02. The Morgan fingerprint density at radius 1 is 1.06 bits per heavy atom. The topological polar surface area (TPSA) is 86.7 Å². The van der Waals surface area contributed by atoms with E-state index in [1.54, 1.807) is 18.5 Å². The Labute approximate surface area is 182 Å². The zero-order valence-corrected chi connectivity index (χ0v) is 17.2. The number of aromatic nitrogens is 5. The van der Waals surface area contributed by atoms with Gasteiger partial charge >= 0.3 is 0 Å². The Balaban J connectivity index is 1.55. The van der Waals surface area contributed by atoms with Gasteiger partial charge < -0.3 is 8.98 Å². The molecule has 7 nitrogen and oxygen atoms in total. The molecule has 0 fully saturated rings. The molecule has 0 atom stereocenters. The van der Waals surface area contributed by atoms with Crippen LogP contribution >= 0.6 is 11.6 Å². The molecule has 5 rings (SSSR count). The minimum absolute atomic E-state index is 0.102. The largest absolute Gasteiger partial charge is 0.410 e. The van der Waals surface area contributed by atoms with Crippen LogP contribution in [0.2, 0.25) is 5.02 Å². The summed E-state index contributed by atoms with van der Waals surface area (Å²) in [7, 11) is 0. The summed E-state index contributed by atoms with van der Waals surface area (Å²) in [5, 5.41) is 9.37. The second-order valence-corrected chi connectivity index (χ2v) is 7.57. The number of hydrogen-bond acceptors (Lipinski definition) is 6. The number of benzene rings is 2. The SMILES string of the molecule is Cc1ccc2c(c1)c(C(=O)c1nnc(-c3ncccn3)o1)cn2Cc1ccc(Cl)cc1. The molecule has 0 aliphatic carbocycles. The van der Waals surface area contributed by atoms with Crippen LogP contribution in [0.25, 0.3) is 22.6 Å². The van der Waals surface area contributed by atoms with Crippen molar-refractivity contribution in [2.24, 2.45) is 0 Å². The molecule has 0 unspecified atom stereocenters. The fourth-order valence-corrected chi connectivity index (χ4v) is 3.57. The van der Waals surface area contributed by atoms with Crippen molar-refractivity contribution in [3.8, 4) is 11.7 Å². The van der Waals surface area contributed by atoms with E-state index in [1.807, 2.05) is 60.2 Å². The summed E-state index contributed by atoms with van der Waals surface area (Å²) >= 11 is 6.00. The molecule has 0 radical (unpaired) electrons. The number of carbonyl (C=O) groups is 1. The van der Waals surface area contributed by atoms with E-state index < -0.39 is 0 Å². The van der Waals surface area contributed by atoms with E-state index >= 15 is 0 Å². The molecule has 5 aromatic rings. The van der Waals surface area contributed by atoms with Crippen molar-refractivity contribution in [2.45, 2.75) is 13.5 Å². The molecular formula is C23H16ClN5O2. The predicted octanol–water partition coefficient (Wildman–Crippen LogP) is 4.72. The number of hydrogen-bond donors (Lipinski definition) is 0. The fourth-order valence-electron chi connectivity index (χ4n) is 3.44. The Morgan fingerprint density at radius 3 is 2.61 bits per heavy atom. The number of nitrogens with zero attached hydrogens (tertiary/aromatic N) is 5. The third kappa shape index (κ3) is 3.71. The van der Waals surface area contributed by atoms with Gasteiger partial charge in [0.05, 0.1) is 5.56 Å². The Kier molecular flexibility index (Phi) is 4.80. The van der Waals surface area contributed by atoms with E-state index in [-0.39, 0.29) is 23.4 Å². The van der Waals surface area contributed by atoms with Crippen molar-refractivity contribution in [1.82, 2.24) is 24.7 Å². The number of carbonyl (C=O) groups excluding carboxylic acids is 1. The van der Waals surface area contributed by atoms with Gasteiger partial charge in [-0.1, -0.05) is 35.4 Å². The van der Waals surface area contributed by atoms with Gasteiger partial charge in [-0.15, -0.1) is 10.2 Å². The van der Waals surface area contributed by atoms with E-state index in [0.717, 1.165) is 22.0 Å². The average molecular weight is 430 g/mol. The van der Waals surface area contributed by atoms with Gasteiger partial charge in [-0.25, -0.2) is 9.97 Å². The van der Waals surface area contributed by atoms with Crippen LogP contribution in [0.1, 0.15) is 27.4 Å². The molecule has 31 heavy (non-hydrogen) atoms. The molecule has 8 heteroatoms. The molecular weight excluding hydrogens is 414 g/mol. The van der Waals surface area contributed by atoms with Crippen molar-refractivity contribution in [3.05, 3.63) is 94.7 Å². The van der Waals surface area contributed by atoms with E-state index in [1.165, 1.54) is 0 Å². The number of ketones is 1. The van der Waals surface area contributed by atoms with E-state index in [2.05, 4.69) is 20.2 Å². The second kappa shape index (κ2) is 7.77. The minimum atomic E-state index is -0.347. The number of fused-ring (bicyclic) bond motifs is 1. The van der Waals surface area contributed by atoms with Gasteiger partial charge in [0.25, 0.3) is 17.6 Å². The minimum Gasteiger partial charge on any atom is -0.410 e. The molecule has 2 aromatic carbocycles. The molecule has 0 aliphatic rings. The molecule has 0 aliphatic heterocycles. The number of rotatable bonds is 5. The maximum atomic E-state index is 13.3. The van der Waals surface area contributed by atoms with Crippen LogP contribution in [0.3, 0.4) is 0 Å². The van der Waals surface area contributed by atoms with Gasteiger partial charge in [-0.05, 0) is 42.8 Å². The number of halogens is 1. The highest BCUT2D eigenvalue weighted by molar-refractivity contribution is 6.30. The fraction of sp³-hybridized carbons (Fsp3) is 0.0870. The highest BCUT2D eigenvalue weighted by Gasteiger charge is 2.23. The third-order valence-electron chi connectivity index (χ3n) is 4.92. The Bertz CT molecular complexity index is 1390. The van der Waals surface area contributed by atoms with Gasteiger partial charge in [0, 0.05) is 41.1 Å². The van der Waals surface area contributed by atoms with Crippen molar-refractivity contribution in [2.75, 3.05) is 0 Å². The molecule has 0 saturated heterocycles. The first-order valence-electron chi connectivity index (χ1n) is 9.58. The van der Waals surface area contributed by atoms with Gasteiger partial charge in [0.15, 0.2) is 0 Å². The Morgan fingerprint density at radius 2 is 1.84 bits per heavy atom. The third-order valence-corrected chi connectivity index (χ3v) is 5.18. The summed E-state index contributed by atoms with van der Waals surface area (Å²) in [5.41, 5.74) is 3.56. The van der Waals surface area contributed by atoms with Gasteiger partial charge in [0.2, 0.25) is 5.82 Å². The van der Waals surface area contributed by atoms with Crippen LogP contribution in [0, 0.1) is 6.92 Å². The molecule has 0 saturated carbocycles. The summed E-state index contributed by atoms with van der Waals surface area (Å²) in [6.45, 7) is 2.58. The normalized spacial score (nSPS) is 11.2. The monoisotopic (exact) mass is 429 g/mol. The molecule has 0 spiro atoms. The van der Waals surface area contributed by atoms with Crippen LogP contribution < -0.4 is 0 Å². The highest BCUT2D eigenvalue weighted by atomic mass is 35.5. The number of aryl methyl sites for hydroxylation is 1. The Hall–Kier alpha value is -3.84. The lowest BCUT2D eigenvalue weighted by molar-refractivity contribution is 0.100. The first kappa shape index (κ1) is 19.1. The van der Waals surface area contributed by atoms with Crippen LogP contribution in [0.15, 0.2) is 71.5 Å². The van der Waals surface area contributed by atoms with Crippen molar-refractivity contribution in [1.29, 1.82) is 0 Å². The maximum Gasteiger partial charge on any atom is 0.289 e. The molecule has 3 heterocycles. The summed E-state index contributed by atoms with van der Waals surface area (Å²) in [6, 6.07) is 15.3. The standard InChI is InChI=1S/C23H16ClN5O2/c1-14-3-8-19-17(11-14)18(13-29(19)12-15-4-6-16(24)7-5-15)20(30)22-27-28-23(31-22)21-25-9-2-10-26-21/h2-11,13H,12H2,1H3. The maximum absolute atomic E-state index is 13.3. The zero-order valence-electron chi connectivity index (χ0n) is 16.5. The molecule has 3 aromatic heterocycles. The first-order chi connectivity index (χ1) is 15.1. The second-order valence-electron chi connectivity index (χ2n) is 7.13. The van der Waals surface area contributed by atoms with Crippen LogP contribution in [-0.2, 0) is 6.54 Å². The van der Waals surface area contributed by atoms with Crippen LogP contribution in [0.5, 0.6) is 0 Å². The lowest BCUT2D eigenvalue weighted by Gasteiger charge is -2.06. The van der Waals surface area contributed by atoms with Crippen molar-refractivity contribution in [3.63, 3.8) is 0 Å². The molecule has 152 valence electrons. The summed E-state index contributed by atoms with van der Waals surface area (Å²) in [4.78, 5) is 21.4. The van der Waals surface area contributed by atoms with Gasteiger partial charge in [0.1, 0.15) is 0 Å². The van der Waals surface area contributed by atoms with E-state index in [4.69, 9.17) is 16.0 Å².